The fourth-order valence-corrected chi connectivity index (χ4v) is 4.24. The van der Waals surface area contributed by atoms with Gasteiger partial charge in [0.05, 0.1) is 0 Å². The molecule has 1 saturated heterocycles. The maximum absolute atomic E-state index is 3.42. The summed E-state index contributed by atoms with van der Waals surface area (Å²) in [5.74, 6) is 0. The molecule has 3 aromatic rings. The number of thiophene rings is 1. The van der Waals surface area contributed by atoms with Crippen molar-refractivity contribution in [2.75, 3.05) is 26.2 Å². The first-order valence-corrected chi connectivity index (χ1v) is 8.06. The number of nitrogens with one attached hydrogen (secondary N) is 1. The van der Waals surface area contributed by atoms with Gasteiger partial charge in [0.15, 0.2) is 0 Å². The van der Waals surface area contributed by atoms with Crippen LogP contribution in [0.25, 0.3) is 20.2 Å². The van der Waals surface area contributed by atoms with E-state index < -0.39 is 0 Å². The summed E-state index contributed by atoms with van der Waals surface area (Å²) in [6.07, 6.45) is 0. The zero-order chi connectivity index (χ0) is 13.4. The maximum atomic E-state index is 3.42. The summed E-state index contributed by atoms with van der Waals surface area (Å²) in [5, 5.41) is 6.30. The van der Waals surface area contributed by atoms with Crippen molar-refractivity contribution in [3.8, 4) is 0 Å². The Balaban J connectivity index is 1.81. The van der Waals surface area contributed by atoms with E-state index >= 15 is 0 Å². The Hall–Kier alpha value is -1.42. The predicted molar refractivity (Wildman–Crippen MR) is 87.5 cm³/mol. The van der Waals surface area contributed by atoms with E-state index in [9.17, 15) is 0 Å². The Kier molecular flexibility index (Phi) is 3.19. The summed E-state index contributed by atoms with van der Waals surface area (Å²) in [4.78, 5) is 2.55. The predicted octanol–water partition coefficient (Wildman–Crippen LogP) is 3.46. The molecule has 1 aliphatic rings. The molecule has 2 nitrogen and oxygen atoms in total. The lowest BCUT2D eigenvalue weighted by atomic mass is 10.1. The van der Waals surface area contributed by atoms with E-state index in [4.69, 9.17) is 0 Å². The zero-order valence-corrected chi connectivity index (χ0v) is 12.2. The largest absolute Gasteiger partial charge is 0.314 e. The van der Waals surface area contributed by atoms with Crippen LogP contribution in [0.3, 0.4) is 0 Å². The molecule has 3 heteroatoms. The van der Waals surface area contributed by atoms with Crippen molar-refractivity contribution in [3.05, 3.63) is 48.0 Å². The van der Waals surface area contributed by atoms with Crippen molar-refractivity contribution in [2.24, 2.45) is 0 Å². The minimum absolute atomic E-state index is 1.07. The molecule has 1 fully saturated rings. The van der Waals surface area contributed by atoms with Crippen LogP contribution >= 0.6 is 11.3 Å². The molecule has 20 heavy (non-hydrogen) atoms. The van der Waals surface area contributed by atoms with Crippen molar-refractivity contribution in [3.63, 3.8) is 0 Å². The molecule has 0 radical (unpaired) electrons. The molecule has 4 rings (SSSR count). The highest BCUT2D eigenvalue weighted by Gasteiger charge is 2.13. The number of piperazine rings is 1. The van der Waals surface area contributed by atoms with Crippen LogP contribution in [-0.4, -0.2) is 31.1 Å². The fraction of sp³-hybridized carbons (Fsp3) is 0.294. The lowest BCUT2D eigenvalue weighted by Gasteiger charge is -2.27. The Bertz CT molecular complexity index is 741. The van der Waals surface area contributed by atoms with Gasteiger partial charge in [-0.05, 0) is 17.7 Å². The molecule has 0 bridgehead atoms. The topological polar surface area (TPSA) is 15.3 Å². The molecule has 1 aliphatic heterocycles. The fourth-order valence-electron chi connectivity index (χ4n) is 3.09. The normalized spacial score (nSPS) is 17.0. The van der Waals surface area contributed by atoms with E-state index in [1.807, 2.05) is 11.3 Å². The standard InChI is InChI=1S/C17H18N2S/c1-2-6-15-14(5-1)17-13(4-3-7-16(17)20-15)12-19-10-8-18-9-11-19/h1-7,18H,8-12H2. The van der Waals surface area contributed by atoms with E-state index in [0.29, 0.717) is 0 Å². The van der Waals surface area contributed by atoms with Crippen molar-refractivity contribution in [1.82, 2.24) is 10.2 Å². The third-order valence-electron chi connectivity index (χ3n) is 4.09. The van der Waals surface area contributed by atoms with Crippen LogP contribution in [0.1, 0.15) is 5.56 Å². The highest BCUT2D eigenvalue weighted by atomic mass is 32.1. The van der Waals surface area contributed by atoms with Gasteiger partial charge in [0, 0.05) is 52.9 Å². The number of nitrogens with zero attached hydrogens (tertiary/aromatic N) is 1. The van der Waals surface area contributed by atoms with E-state index in [1.54, 1.807) is 0 Å². The summed E-state index contributed by atoms with van der Waals surface area (Å²) in [6, 6.07) is 15.5. The van der Waals surface area contributed by atoms with Crippen LogP contribution < -0.4 is 5.32 Å². The quantitative estimate of drug-likeness (QED) is 0.774. The number of rotatable bonds is 2. The zero-order valence-electron chi connectivity index (χ0n) is 11.4. The monoisotopic (exact) mass is 282 g/mol. The van der Waals surface area contributed by atoms with Crippen LogP contribution in [0, 0.1) is 0 Å². The number of hydrogen-bond donors (Lipinski definition) is 1. The second-order valence-corrected chi connectivity index (χ2v) is 6.50. The minimum atomic E-state index is 1.07. The van der Waals surface area contributed by atoms with E-state index in [-0.39, 0.29) is 0 Å². The van der Waals surface area contributed by atoms with Gasteiger partial charge in [-0.1, -0.05) is 30.3 Å². The van der Waals surface area contributed by atoms with Gasteiger partial charge in [0.1, 0.15) is 0 Å². The smallest absolute Gasteiger partial charge is 0.0358 e. The van der Waals surface area contributed by atoms with Crippen LogP contribution in [0.2, 0.25) is 0 Å². The molecule has 0 atom stereocenters. The van der Waals surface area contributed by atoms with E-state index in [0.717, 1.165) is 32.7 Å². The van der Waals surface area contributed by atoms with Crippen molar-refractivity contribution in [1.29, 1.82) is 0 Å². The number of benzene rings is 2. The SMILES string of the molecule is c1ccc2c(c1)sc1cccc(CN3CCNCC3)c12. The summed E-state index contributed by atoms with van der Waals surface area (Å²) in [6.45, 7) is 5.59. The van der Waals surface area contributed by atoms with Crippen molar-refractivity contribution < 1.29 is 0 Å². The molecule has 0 saturated carbocycles. The first-order valence-electron chi connectivity index (χ1n) is 7.24. The lowest BCUT2D eigenvalue weighted by molar-refractivity contribution is 0.234. The first-order chi connectivity index (χ1) is 9.92. The molecular weight excluding hydrogens is 264 g/mol. The lowest BCUT2D eigenvalue weighted by Crippen LogP contribution is -2.42. The number of fused-ring (bicyclic) bond motifs is 3. The van der Waals surface area contributed by atoms with Crippen molar-refractivity contribution in [2.45, 2.75) is 6.54 Å². The van der Waals surface area contributed by atoms with Crippen molar-refractivity contribution >= 4 is 31.5 Å². The minimum Gasteiger partial charge on any atom is -0.314 e. The maximum Gasteiger partial charge on any atom is 0.0358 e. The van der Waals surface area contributed by atoms with Gasteiger partial charge in [-0.25, -0.2) is 0 Å². The van der Waals surface area contributed by atoms with Crippen LogP contribution in [0.15, 0.2) is 42.5 Å². The molecule has 0 amide bonds. The molecular formula is C17H18N2S. The van der Waals surface area contributed by atoms with Gasteiger partial charge in [-0.2, -0.15) is 0 Å². The molecule has 2 heterocycles. The van der Waals surface area contributed by atoms with Gasteiger partial charge in [0.25, 0.3) is 0 Å². The van der Waals surface area contributed by atoms with Gasteiger partial charge < -0.3 is 5.32 Å². The van der Waals surface area contributed by atoms with Crippen LogP contribution in [0.4, 0.5) is 0 Å². The van der Waals surface area contributed by atoms with Gasteiger partial charge >= 0.3 is 0 Å². The molecule has 0 spiro atoms. The Morgan fingerprint density at radius 3 is 2.65 bits per heavy atom. The van der Waals surface area contributed by atoms with Crippen LogP contribution in [0.5, 0.6) is 0 Å². The van der Waals surface area contributed by atoms with Gasteiger partial charge in [-0.15, -0.1) is 11.3 Å². The van der Waals surface area contributed by atoms with E-state index in [1.165, 1.54) is 25.7 Å². The molecule has 0 unspecified atom stereocenters. The second-order valence-electron chi connectivity index (χ2n) is 5.41. The molecule has 2 aromatic carbocycles. The van der Waals surface area contributed by atoms with Crippen LogP contribution in [-0.2, 0) is 6.54 Å². The summed E-state index contributed by atoms with van der Waals surface area (Å²) >= 11 is 1.91. The number of hydrogen-bond acceptors (Lipinski definition) is 3. The molecule has 102 valence electrons. The molecule has 1 N–H and O–H groups in total. The Morgan fingerprint density at radius 1 is 0.950 bits per heavy atom. The third-order valence-corrected chi connectivity index (χ3v) is 5.23. The summed E-state index contributed by atoms with van der Waals surface area (Å²) in [7, 11) is 0. The second kappa shape index (κ2) is 5.17. The summed E-state index contributed by atoms with van der Waals surface area (Å²) in [5.41, 5.74) is 1.47. The average Bonchev–Trinajstić information content (AvgIpc) is 2.88. The average molecular weight is 282 g/mol. The molecule has 0 aliphatic carbocycles. The molecule has 1 aromatic heterocycles. The highest BCUT2D eigenvalue weighted by molar-refractivity contribution is 7.25. The van der Waals surface area contributed by atoms with Gasteiger partial charge in [-0.3, -0.25) is 4.90 Å². The third kappa shape index (κ3) is 2.12. The first kappa shape index (κ1) is 12.3. The Labute approximate surface area is 123 Å². The van der Waals surface area contributed by atoms with E-state index in [2.05, 4.69) is 52.7 Å². The Morgan fingerprint density at radius 2 is 1.75 bits per heavy atom. The van der Waals surface area contributed by atoms with Gasteiger partial charge in [0.2, 0.25) is 0 Å². The highest BCUT2D eigenvalue weighted by Crippen LogP contribution is 2.36. The summed E-state index contributed by atoms with van der Waals surface area (Å²) < 4.78 is 2.81.